The number of likely N-dealkylation sites (N-methyl/N-ethyl adjacent to an activating group) is 2. The Morgan fingerprint density at radius 3 is 2.40 bits per heavy atom. The number of carboxylic acids is 1. The molecule has 2 unspecified atom stereocenters. The number of thioether (sulfide) groups is 1. The van der Waals surface area contributed by atoms with Crippen LogP contribution in [0.25, 0.3) is 0 Å². The number of rotatable bonds is 4. The highest BCUT2D eigenvalue weighted by Crippen LogP contribution is 2.29. The molecule has 7 nitrogen and oxygen atoms in total. The first-order chi connectivity index (χ1) is 9.29. The molecule has 0 aliphatic carbocycles. The van der Waals surface area contributed by atoms with Gasteiger partial charge in [0.15, 0.2) is 0 Å². The number of carbonyl (C=O) groups excluding carboxylic acids is 2. The van der Waals surface area contributed by atoms with Crippen LogP contribution in [0.4, 0.5) is 4.79 Å². The van der Waals surface area contributed by atoms with Gasteiger partial charge in [-0.2, -0.15) is 0 Å². The summed E-state index contributed by atoms with van der Waals surface area (Å²) in [6, 6.07) is -1.22. The van der Waals surface area contributed by atoms with E-state index < -0.39 is 18.0 Å². The first-order valence-corrected chi connectivity index (χ1v) is 7.46. The molecule has 3 amide bonds. The lowest BCUT2D eigenvalue weighted by atomic mass is 10.3. The number of carbonyl (C=O) groups is 3. The largest absolute Gasteiger partial charge is 0.480 e. The van der Waals surface area contributed by atoms with Gasteiger partial charge < -0.3 is 14.9 Å². The van der Waals surface area contributed by atoms with E-state index in [0.717, 1.165) is 0 Å². The van der Waals surface area contributed by atoms with Crippen molar-refractivity contribution < 1.29 is 19.5 Å². The van der Waals surface area contributed by atoms with Gasteiger partial charge in [0.1, 0.15) is 12.6 Å². The first-order valence-electron chi connectivity index (χ1n) is 6.41. The molecule has 1 heterocycles. The Morgan fingerprint density at radius 2 is 1.95 bits per heavy atom. The van der Waals surface area contributed by atoms with E-state index >= 15 is 0 Å². The zero-order chi connectivity index (χ0) is 15.4. The van der Waals surface area contributed by atoms with Gasteiger partial charge in [0.25, 0.3) is 0 Å². The summed E-state index contributed by atoms with van der Waals surface area (Å²) in [5.74, 6) is -0.821. The van der Waals surface area contributed by atoms with Crippen molar-refractivity contribution in [1.29, 1.82) is 0 Å². The average molecular weight is 303 g/mol. The maximum atomic E-state index is 12.5. The lowest BCUT2D eigenvalue weighted by molar-refractivity contribution is -0.141. The predicted molar refractivity (Wildman–Crippen MR) is 76.5 cm³/mol. The molecule has 0 bridgehead atoms. The van der Waals surface area contributed by atoms with Crippen LogP contribution in [0.15, 0.2) is 0 Å². The highest BCUT2D eigenvalue weighted by molar-refractivity contribution is 8.00. The van der Waals surface area contributed by atoms with Crippen molar-refractivity contribution >= 4 is 29.7 Å². The van der Waals surface area contributed by atoms with Crippen molar-refractivity contribution in [2.75, 3.05) is 32.9 Å². The Hall–Kier alpha value is -1.44. The topological polar surface area (TPSA) is 81.2 Å². The Balaban J connectivity index is 2.84. The fourth-order valence-electron chi connectivity index (χ4n) is 1.91. The number of hydrogen-bond donors (Lipinski definition) is 1. The molecule has 1 rings (SSSR count). The van der Waals surface area contributed by atoms with E-state index in [0.29, 0.717) is 12.3 Å². The molecule has 8 heteroatoms. The second kappa shape index (κ2) is 6.83. The quantitative estimate of drug-likeness (QED) is 0.811. The Kier molecular flexibility index (Phi) is 5.67. The standard InChI is InChI=1S/C12H21N3O4S/c1-5-14(6-10(16)13(3)4)12(19)15-8(2)20-7-9(15)11(17)18/h8-9H,5-7H2,1-4H3,(H,17,18). The van der Waals surface area contributed by atoms with Crippen LogP contribution in [0.2, 0.25) is 0 Å². The van der Waals surface area contributed by atoms with Crippen molar-refractivity contribution in [2.45, 2.75) is 25.3 Å². The highest BCUT2D eigenvalue weighted by atomic mass is 32.2. The molecule has 2 atom stereocenters. The molecule has 114 valence electrons. The summed E-state index contributed by atoms with van der Waals surface area (Å²) in [5, 5.41) is 8.97. The number of urea groups is 1. The second-order valence-corrected chi connectivity index (χ2v) is 6.13. The molecule has 1 saturated heterocycles. The van der Waals surface area contributed by atoms with Gasteiger partial charge in [-0.15, -0.1) is 11.8 Å². The summed E-state index contributed by atoms with van der Waals surface area (Å²) in [6.45, 7) is 3.89. The van der Waals surface area contributed by atoms with Crippen molar-refractivity contribution in [3.8, 4) is 0 Å². The van der Waals surface area contributed by atoms with Gasteiger partial charge in [0, 0.05) is 26.4 Å². The van der Waals surface area contributed by atoms with Crippen molar-refractivity contribution in [2.24, 2.45) is 0 Å². The molecule has 0 aromatic heterocycles. The lowest BCUT2D eigenvalue weighted by Crippen LogP contribution is -2.52. The van der Waals surface area contributed by atoms with Crippen LogP contribution in [0.1, 0.15) is 13.8 Å². The van der Waals surface area contributed by atoms with E-state index in [9.17, 15) is 19.5 Å². The van der Waals surface area contributed by atoms with Crippen LogP contribution >= 0.6 is 11.8 Å². The van der Waals surface area contributed by atoms with Crippen LogP contribution in [0.3, 0.4) is 0 Å². The van der Waals surface area contributed by atoms with E-state index in [4.69, 9.17) is 0 Å². The molecule has 0 radical (unpaired) electrons. The van der Waals surface area contributed by atoms with Crippen molar-refractivity contribution in [1.82, 2.24) is 14.7 Å². The SMILES string of the molecule is CCN(CC(=O)N(C)C)C(=O)N1C(C)SCC1C(=O)O. The number of hydrogen-bond acceptors (Lipinski definition) is 4. The van der Waals surface area contributed by atoms with Gasteiger partial charge in [-0.1, -0.05) is 0 Å². The Bertz CT molecular complexity index is 402. The van der Waals surface area contributed by atoms with Crippen LogP contribution < -0.4 is 0 Å². The van der Waals surface area contributed by atoms with Crippen LogP contribution in [0.5, 0.6) is 0 Å². The third-order valence-corrected chi connectivity index (χ3v) is 4.42. The molecular weight excluding hydrogens is 282 g/mol. The lowest BCUT2D eigenvalue weighted by Gasteiger charge is -2.31. The van der Waals surface area contributed by atoms with Gasteiger partial charge in [0.2, 0.25) is 5.91 Å². The molecule has 1 fully saturated rings. The van der Waals surface area contributed by atoms with Crippen LogP contribution in [-0.4, -0.2) is 82.1 Å². The summed E-state index contributed by atoms with van der Waals surface area (Å²) in [4.78, 5) is 39.5. The monoisotopic (exact) mass is 303 g/mol. The zero-order valence-electron chi connectivity index (χ0n) is 12.2. The minimum Gasteiger partial charge on any atom is -0.480 e. The predicted octanol–water partition coefficient (Wildman–Crippen LogP) is 0.365. The molecule has 1 N–H and O–H groups in total. The number of nitrogens with zero attached hydrogens (tertiary/aromatic N) is 3. The third kappa shape index (κ3) is 3.56. The molecule has 0 aromatic rings. The van der Waals surface area contributed by atoms with E-state index in [1.165, 1.54) is 26.5 Å². The summed E-state index contributed by atoms with van der Waals surface area (Å²) in [7, 11) is 3.24. The van der Waals surface area contributed by atoms with E-state index in [1.807, 2.05) is 0 Å². The number of aliphatic carboxylic acids is 1. The molecule has 1 aliphatic rings. The smallest absolute Gasteiger partial charge is 0.327 e. The van der Waals surface area contributed by atoms with Gasteiger partial charge in [0.05, 0.1) is 5.37 Å². The first kappa shape index (κ1) is 16.6. The molecule has 0 spiro atoms. The van der Waals surface area contributed by atoms with E-state index in [2.05, 4.69) is 0 Å². The summed E-state index contributed by atoms with van der Waals surface area (Å²) in [5.41, 5.74) is 0. The Labute approximate surface area is 122 Å². The number of amides is 3. The van der Waals surface area contributed by atoms with E-state index in [1.54, 1.807) is 27.9 Å². The molecule has 0 saturated carbocycles. The maximum Gasteiger partial charge on any atom is 0.327 e. The van der Waals surface area contributed by atoms with Gasteiger partial charge in [-0.25, -0.2) is 9.59 Å². The summed E-state index contributed by atoms with van der Waals surface area (Å²) >= 11 is 1.43. The van der Waals surface area contributed by atoms with Gasteiger partial charge in [-0.05, 0) is 13.8 Å². The molecular formula is C12H21N3O4S. The maximum absolute atomic E-state index is 12.5. The third-order valence-electron chi connectivity index (χ3n) is 3.21. The summed E-state index contributed by atoms with van der Waals surface area (Å²) in [6.07, 6.45) is 0. The molecule has 20 heavy (non-hydrogen) atoms. The Morgan fingerprint density at radius 1 is 1.35 bits per heavy atom. The highest BCUT2D eigenvalue weighted by Gasteiger charge is 2.41. The van der Waals surface area contributed by atoms with Gasteiger partial charge >= 0.3 is 12.0 Å². The van der Waals surface area contributed by atoms with Crippen molar-refractivity contribution in [3.63, 3.8) is 0 Å². The van der Waals surface area contributed by atoms with Crippen LogP contribution in [0, 0.1) is 0 Å². The van der Waals surface area contributed by atoms with Crippen LogP contribution in [-0.2, 0) is 9.59 Å². The van der Waals surface area contributed by atoms with Crippen molar-refractivity contribution in [3.05, 3.63) is 0 Å². The summed E-state index contributed by atoms with van der Waals surface area (Å²) < 4.78 is 0. The average Bonchev–Trinajstić information content (AvgIpc) is 2.76. The normalized spacial score (nSPS) is 21.7. The second-order valence-electron chi connectivity index (χ2n) is 4.78. The fraction of sp³-hybridized carbons (Fsp3) is 0.750. The van der Waals surface area contributed by atoms with Gasteiger partial charge in [-0.3, -0.25) is 9.69 Å². The van der Waals surface area contributed by atoms with E-state index in [-0.39, 0.29) is 17.8 Å². The molecule has 0 aromatic carbocycles. The number of carboxylic acid groups (broad SMARTS) is 1. The minimum absolute atomic E-state index is 0.0391. The fourth-order valence-corrected chi connectivity index (χ4v) is 3.07. The molecule has 1 aliphatic heterocycles. The minimum atomic E-state index is -1.01. The zero-order valence-corrected chi connectivity index (χ0v) is 13.0.